The van der Waals surface area contributed by atoms with E-state index in [1.165, 1.54) is 12.3 Å². The number of carbonyl (C=O) groups is 1. The average Bonchev–Trinajstić information content (AvgIpc) is 2.22. The summed E-state index contributed by atoms with van der Waals surface area (Å²) >= 11 is 0. The van der Waals surface area contributed by atoms with E-state index in [1.807, 2.05) is 0 Å². The van der Waals surface area contributed by atoms with Crippen LogP contribution >= 0.6 is 0 Å². The molecule has 1 heterocycles. The molecule has 0 bridgehead atoms. The largest absolute Gasteiger partial charge is 0.481 e. The highest BCUT2D eigenvalue weighted by Crippen LogP contribution is 2.49. The monoisotopic (exact) mass is 259 g/mol. The summed E-state index contributed by atoms with van der Waals surface area (Å²) in [6.07, 6.45) is -1.88. The fourth-order valence-corrected chi connectivity index (χ4v) is 2.45. The van der Waals surface area contributed by atoms with Crippen LogP contribution in [0.2, 0.25) is 0 Å². The molecule has 6 heteroatoms. The third kappa shape index (κ3) is 2.19. The van der Waals surface area contributed by atoms with Gasteiger partial charge in [0.15, 0.2) is 0 Å². The van der Waals surface area contributed by atoms with Gasteiger partial charge in [-0.25, -0.2) is 0 Å². The molecule has 0 radical (unpaired) electrons. The number of pyridine rings is 1. The van der Waals surface area contributed by atoms with Gasteiger partial charge in [-0.1, -0.05) is 6.42 Å². The van der Waals surface area contributed by atoms with E-state index in [9.17, 15) is 18.0 Å². The van der Waals surface area contributed by atoms with Crippen LogP contribution in [0.15, 0.2) is 18.3 Å². The minimum absolute atomic E-state index is 0.119. The summed E-state index contributed by atoms with van der Waals surface area (Å²) < 4.78 is 38.7. The molecule has 3 nitrogen and oxygen atoms in total. The summed E-state index contributed by atoms with van der Waals surface area (Å²) in [5, 5.41) is 8.86. The summed E-state index contributed by atoms with van der Waals surface area (Å²) in [7, 11) is 0. The van der Waals surface area contributed by atoms with Gasteiger partial charge >= 0.3 is 12.1 Å². The van der Waals surface area contributed by atoms with Crippen LogP contribution in [0.25, 0.3) is 0 Å². The van der Waals surface area contributed by atoms with Gasteiger partial charge in [0.05, 0.1) is 17.7 Å². The van der Waals surface area contributed by atoms with Crippen molar-refractivity contribution in [2.24, 2.45) is 0 Å². The molecule has 0 unspecified atom stereocenters. The molecule has 98 valence electrons. The number of nitrogens with zero attached hydrogens (tertiary/aromatic N) is 1. The van der Waals surface area contributed by atoms with Crippen molar-refractivity contribution in [1.29, 1.82) is 0 Å². The third-order valence-electron chi connectivity index (χ3n) is 3.42. The molecular formula is C12H12F3NO2. The minimum Gasteiger partial charge on any atom is -0.481 e. The summed E-state index contributed by atoms with van der Waals surface area (Å²) in [5.41, 5.74) is -1.88. The van der Waals surface area contributed by atoms with E-state index in [4.69, 9.17) is 5.11 Å². The number of carboxylic acid groups (broad SMARTS) is 1. The molecule has 18 heavy (non-hydrogen) atoms. The molecule has 0 atom stereocenters. The molecule has 1 fully saturated rings. The third-order valence-corrected chi connectivity index (χ3v) is 3.42. The number of hydrogen-bond acceptors (Lipinski definition) is 2. The van der Waals surface area contributed by atoms with E-state index in [2.05, 4.69) is 4.98 Å². The molecular weight excluding hydrogens is 247 g/mol. The lowest BCUT2D eigenvalue weighted by atomic mass is 9.63. The van der Waals surface area contributed by atoms with Gasteiger partial charge in [-0.3, -0.25) is 9.78 Å². The van der Waals surface area contributed by atoms with Crippen LogP contribution in [0.3, 0.4) is 0 Å². The summed E-state index contributed by atoms with van der Waals surface area (Å²) in [5.74, 6) is -1.09. The van der Waals surface area contributed by atoms with Crippen molar-refractivity contribution < 1.29 is 23.1 Å². The Kier molecular flexibility index (Phi) is 3.04. The van der Waals surface area contributed by atoms with Crippen LogP contribution in [0.4, 0.5) is 13.2 Å². The standard InChI is InChI=1S/C12H12F3NO2/c13-12(14,15)8-3-1-6-16-10(8)11(4-2-5-11)7-9(17)18/h1,3,6H,2,4-5,7H2,(H,17,18). The zero-order valence-corrected chi connectivity index (χ0v) is 9.50. The van der Waals surface area contributed by atoms with Crippen LogP contribution < -0.4 is 0 Å². The van der Waals surface area contributed by atoms with E-state index in [-0.39, 0.29) is 12.1 Å². The van der Waals surface area contributed by atoms with Gasteiger partial charge in [-0.15, -0.1) is 0 Å². The average molecular weight is 259 g/mol. The lowest BCUT2D eigenvalue weighted by Crippen LogP contribution is -2.39. The molecule has 2 rings (SSSR count). The molecule has 0 spiro atoms. The van der Waals surface area contributed by atoms with Gasteiger partial charge < -0.3 is 5.11 Å². The van der Waals surface area contributed by atoms with Gasteiger partial charge in [-0.2, -0.15) is 13.2 Å². The Hall–Kier alpha value is -1.59. The number of hydrogen-bond donors (Lipinski definition) is 1. The highest BCUT2D eigenvalue weighted by Gasteiger charge is 2.47. The predicted octanol–water partition coefficient (Wildman–Crippen LogP) is 3.00. The highest BCUT2D eigenvalue weighted by atomic mass is 19.4. The number of alkyl halides is 3. The summed E-state index contributed by atoms with van der Waals surface area (Å²) in [4.78, 5) is 14.6. The van der Waals surface area contributed by atoms with Crippen LogP contribution in [0.5, 0.6) is 0 Å². The van der Waals surface area contributed by atoms with E-state index >= 15 is 0 Å². The van der Waals surface area contributed by atoms with Gasteiger partial charge in [0, 0.05) is 11.6 Å². The first-order chi connectivity index (χ1) is 8.35. The second-order valence-corrected chi connectivity index (χ2v) is 4.60. The number of carboxylic acids is 1. The number of aromatic nitrogens is 1. The van der Waals surface area contributed by atoms with E-state index < -0.39 is 23.1 Å². The van der Waals surface area contributed by atoms with Crippen LogP contribution in [0, 0.1) is 0 Å². The number of aliphatic carboxylic acids is 1. The molecule has 0 amide bonds. The SMILES string of the molecule is O=C(O)CC1(c2ncccc2C(F)(F)F)CCC1. The van der Waals surface area contributed by atoms with Gasteiger partial charge in [0.1, 0.15) is 0 Å². The molecule has 1 aromatic rings. The maximum Gasteiger partial charge on any atom is 0.418 e. The summed E-state index contributed by atoms with van der Waals surface area (Å²) in [6.45, 7) is 0. The van der Waals surface area contributed by atoms with Crippen molar-refractivity contribution in [3.8, 4) is 0 Å². The van der Waals surface area contributed by atoms with Crippen molar-refractivity contribution in [3.05, 3.63) is 29.6 Å². The fraction of sp³-hybridized carbons (Fsp3) is 0.500. The van der Waals surface area contributed by atoms with Crippen molar-refractivity contribution >= 4 is 5.97 Å². The zero-order chi connectivity index (χ0) is 13.4. The second-order valence-electron chi connectivity index (χ2n) is 4.60. The molecule has 1 aromatic heterocycles. The van der Waals surface area contributed by atoms with E-state index in [1.54, 1.807) is 0 Å². The minimum atomic E-state index is -4.50. The van der Waals surface area contributed by atoms with Crippen molar-refractivity contribution in [2.75, 3.05) is 0 Å². The topological polar surface area (TPSA) is 50.2 Å². The molecule has 0 saturated heterocycles. The highest BCUT2D eigenvalue weighted by molar-refractivity contribution is 5.69. The first-order valence-corrected chi connectivity index (χ1v) is 5.60. The molecule has 1 saturated carbocycles. The Morgan fingerprint density at radius 3 is 2.56 bits per heavy atom. The Labute approximate surface area is 102 Å². The van der Waals surface area contributed by atoms with Gasteiger partial charge in [-0.05, 0) is 25.0 Å². The second kappa shape index (κ2) is 4.26. The van der Waals surface area contributed by atoms with Crippen molar-refractivity contribution in [2.45, 2.75) is 37.3 Å². The van der Waals surface area contributed by atoms with Crippen molar-refractivity contribution in [1.82, 2.24) is 4.98 Å². The Balaban J connectivity index is 2.46. The smallest absolute Gasteiger partial charge is 0.418 e. The van der Waals surface area contributed by atoms with E-state index in [0.717, 1.165) is 12.5 Å². The van der Waals surface area contributed by atoms with E-state index in [0.29, 0.717) is 12.8 Å². The predicted molar refractivity (Wildman–Crippen MR) is 57.0 cm³/mol. The van der Waals surface area contributed by atoms with Crippen LogP contribution in [-0.4, -0.2) is 16.1 Å². The number of rotatable bonds is 3. The van der Waals surface area contributed by atoms with Crippen LogP contribution in [0.1, 0.15) is 36.9 Å². The normalized spacial score (nSPS) is 18.2. The van der Waals surface area contributed by atoms with Gasteiger partial charge in [0.2, 0.25) is 0 Å². The lowest BCUT2D eigenvalue weighted by Gasteiger charge is -2.41. The summed E-state index contributed by atoms with van der Waals surface area (Å²) in [6, 6.07) is 2.18. The quantitative estimate of drug-likeness (QED) is 0.907. The number of halogens is 3. The molecule has 0 aliphatic heterocycles. The fourth-order valence-electron chi connectivity index (χ4n) is 2.45. The lowest BCUT2D eigenvalue weighted by molar-refractivity contribution is -0.143. The van der Waals surface area contributed by atoms with Gasteiger partial charge in [0.25, 0.3) is 0 Å². The van der Waals surface area contributed by atoms with Crippen LogP contribution in [-0.2, 0) is 16.4 Å². The van der Waals surface area contributed by atoms with Crippen molar-refractivity contribution in [3.63, 3.8) is 0 Å². The first kappa shape index (κ1) is 12.9. The maximum atomic E-state index is 12.9. The first-order valence-electron chi connectivity index (χ1n) is 5.60. The Bertz CT molecular complexity index is 467. The Morgan fingerprint density at radius 2 is 2.11 bits per heavy atom. The molecule has 1 N–H and O–H groups in total. The zero-order valence-electron chi connectivity index (χ0n) is 9.50. The molecule has 1 aliphatic rings. The Morgan fingerprint density at radius 1 is 1.44 bits per heavy atom. The molecule has 0 aromatic carbocycles. The maximum absolute atomic E-state index is 12.9. The molecule has 1 aliphatic carbocycles.